The number of benzene rings is 1. The molecule has 0 radical (unpaired) electrons. The summed E-state index contributed by atoms with van der Waals surface area (Å²) in [6.07, 6.45) is 4.80. The van der Waals surface area contributed by atoms with Crippen LogP contribution < -0.4 is 5.73 Å². The molecule has 0 amide bonds. The minimum atomic E-state index is -0.329. The molecule has 4 nitrogen and oxygen atoms in total. The Bertz CT molecular complexity index is 726. The van der Waals surface area contributed by atoms with Gasteiger partial charge in [-0.2, -0.15) is 0 Å². The second kappa shape index (κ2) is 5.13. The molecule has 3 rings (SSSR count). The third-order valence-electron chi connectivity index (χ3n) is 3.49. The van der Waals surface area contributed by atoms with Gasteiger partial charge in [0.1, 0.15) is 23.2 Å². The van der Waals surface area contributed by atoms with Gasteiger partial charge in [0.05, 0.1) is 0 Å². The number of hydrogen-bond donors (Lipinski definition) is 1. The Balaban J connectivity index is 1.99. The summed E-state index contributed by atoms with van der Waals surface area (Å²) in [6.45, 7) is 5.13. The van der Waals surface area contributed by atoms with Gasteiger partial charge in [0.2, 0.25) is 0 Å². The number of fused-ring (bicyclic) bond motifs is 1. The summed E-state index contributed by atoms with van der Waals surface area (Å²) in [5, 5.41) is 1.09. The van der Waals surface area contributed by atoms with E-state index in [4.69, 9.17) is 10.2 Å². The average molecular weight is 269 g/mol. The molecule has 0 spiro atoms. The van der Waals surface area contributed by atoms with Gasteiger partial charge in [-0.15, -0.1) is 0 Å². The highest BCUT2D eigenvalue weighted by molar-refractivity contribution is 5.78. The van der Waals surface area contributed by atoms with Crippen molar-refractivity contribution in [2.45, 2.75) is 32.9 Å². The predicted molar refractivity (Wildman–Crippen MR) is 79.5 cm³/mol. The lowest BCUT2D eigenvalue weighted by Crippen LogP contribution is -2.17. The van der Waals surface area contributed by atoms with Crippen molar-refractivity contribution < 1.29 is 4.42 Å². The van der Waals surface area contributed by atoms with Crippen LogP contribution in [0.2, 0.25) is 0 Å². The normalized spacial score (nSPS) is 12.9. The van der Waals surface area contributed by atoms with Crippen LogP contribution in [0.15, 0.2) is 41.1 Å². The molecule has 2 aromatic heterocycles. The topological polar surface area (TPSA) is 57.0 Å². The van der Waals surface area contributed by atoms with Gasteiger partial charge < -0.3 is 14.7 Å². The van der Waals surface area contributed by atoms with Gasteiger partial charge in [-0.05, 0) is 31.5 Å². The SMILES string of the molecule is CCCn1ccnc1C(N)c1cc2cc(C)ccc2o1. The highest BCUT2D eigenvalue weighted by Gasteiger charge is 2.18. The summed E-state index contributed by atoms with van der Waals surface area (Å²) in [7, 11) is 0. The van der Waals surface area contributed by atoms with Crippen molar-refractivity contribution in [3.8, 4) is 0 Å². The number of furan rings is 1. The summed E-state index contributed by atoms with van der Waals surface area (Å²) in [5.74, 6) is 1.61. The van der Waals surface area contributed by atoms with Crippen LogP contribution in [0.5, 0.6) is 0 Å². The molecule has 0 bridgehead atoms. The number of rotatable bonds is 4. The first kappa shape index (κ1) is 12.9. The Morgan fingerprint density at radius 3 is 3.00 bits per heavy atom. The number of aromatic nitrogens is 2. The van der Waals surface area contributed by atoms with Crippen LogP contribution in [0.4, 0.5) is 0 Å². The lowest BCUT2D eigenvalue weighted by Gasteiger charge is -2.11. The quantitative estimate of drug-likeness (QED) is 0.789. The third-order valence-corrected chi connectivity index (χ3v) is 3.49. The predicted octanol–water partition coefficient (Wildman–Crippen LogP) is 3.40. The summed E-state index contributed by atoms with van der Waals surface area (Å²) >= 11 is 0. The largest absolute Gasteiger partial charge is 0.459 e. The maximum atomic E-state index is 6.32. The molecule has 1 atom stereocenters. The maximum Gasteiger partial charge on any atom is 0.134 e. The lowest BCUT2D eigenvalue weighted by molar-refractivity contribution is 0.499. The fourth-order valence-corrected chi connectivity index (χ4v) is 2.49. The molecule has 0 aliphatic heterocycles. The summed E-state index contributed by atoms with van der Waals surface area (Å²) in [4.78, 5) is 4.38. The van der Waals surface area contributed by atoms with Crippen LogP contribution >= 0.6 is 0 Å². The van der Waals surface area contributed by atoms with E-state index in [1.165, 1.54) is 5.56 Å². The fraction of sp³-hybridized carbons (Fsp3) is 0.312. The number of nitrogens with two attached hydrogens (primary N) is 1. The second-order valence-corrected chi connectivity index (χ2v) is 5.15. The number of hydrogen-bond acceptors (Lipinski definition) is 3. The van der Waals surface area contributed by atoms with Crippen LogP contribution in [0.25, 0.3) is 11.0 Å². The van der Waals surface area contributed by atoms with Gasteiger partial charge in [-0.3, -0.25) is 0 Å². The van der Waals surface area contributed by atoms with Crippen molar-refractivity contribution in [3.63, 3.8) is 0 Å². The molecule has 3 aromatic rings. The first-order valence-electron chi connectivity index (χ1n) is 6.95. The molecular formula is C16H19N3O. The van der Waals surface area contributed by atoms with Crippen molar-refractivity contribution in [1.82, 2.24) is 9.55 Å². The Labute approximate surface area is 118 Å². The Morgan fingerprint density at radius 2 is 2.20 bits per heavy atom. The zero-order valence-corrected chi connectivity index (χ0v) is 11.8. The minimum absolute atomic E-state index is 0.329. The highest BCUT2D eigenvalue weighted by Crippen LogP contribution is 2.26. The molecule has 0 fully saturated rings. The summed E-state index contributed by atoms with van der Waals surface area (Å²) < 4.78 is 7.95. The zero-order chi connectivity index (χ0) is 14.1. The van der Waals surface area contributed by atoms with Gasteiger partial charge in [-0.1, -0.05) is 18.6 Å². The van der Waals surface area contributed by atoms with E-state index >= 15 is 0 Å². The van der Waals surface area contributed by atoms with E-state index in [1.54, 1.807) is 6.20 Å². The second-order valence-electron chi connectivity index (χ2n) is 5.15. The van der Waals surface area contributed by atoms with Crippen molar-refractivity contribution in [2.24, 2.45) is 5.73 Å². The number of imidazole rings is 1. The molecule has 20 heavy (non-hydrogen) atoms. The minimum Gasteiger partial charge on any atom is -0.459 e. The fourth-order valence-electron chi connectivity index (χ4n) is 2.49. The van der Waals surface area contributed by atoms with Crippen LogP contribution in [0.1, 0.15) is 36.5 Å². The van der Waals surface area contributed by atoms with E-state index in [-0.39, 0.29) is 6.04 Å². The summed E-state index contributed by atoms with van der Waals surface area (Å²) in [5.41, 5.74) is 8.40. The summed E-state index contributed by atoms with van der Waals surface area (Å²) in [6, 6.07) is 7.81. The monoisotopic (exact) mass is 269 g/mol. The van der Waals surface area contributed by atoms with E-state index in [0.717, 1.165) is 35.5 Å². The van der Waals surface area contributed by atoms with Crippen molar-refractivity contribution >= 4 is 11.0 Å². The molecule has 1 aromatic carbocycles. The van der Waals surface area contributed by atoms with Crippen molar-refractivity contribution in [2.75, 3.05) is 0 Å². The number of nitrogens with zero attached hydrogens (tertiary/aromatic N) is 2. The van der Waals surface area contributed by atoms with E-state index in [9.17, 15) is 0 Å². The molecule has 104 valence electrons. The van der Waals surface area contributed by atoms with Crippen molar-refractivity contribution in [1.29, 1.82) is 0 Å². The van der Waals surface area contributed by atoms with Crippen LogP contribution in [-0.2, 0) is 6.54 Å². The van der Waals surface area contributed by atoms with E-state index in [1.807, 2.05) is 24.4 Å². The third kappa shape index (κ3) is 2.23. The highest BCUT2D eigenvalue weighted by atomic mass is 16.3. The molecule has 0 aliphatic rings. The number of aryl methyl sites for hydroxylation is 2. The molecule has 2 N–H and O–H groups in total. The first-order valence-corrected chi connectivity index (χ1v) is 6.95. The average Bonchev–Trinajstić information content (AvgIpc) is 3.04. The molecule has 1 unspecified atom stereocenters. The van der Waals surface area contributed by atoms with E-state index in [0.29, 0.717) is 0 Å². The van der Waals surface area contributed by atoms with Gasteiger partial charge in [0.15, 0.2) is 0 Å². The van der Waals surface area contributed by atoms with Crippen LogP contribution in [0.3, 0.4) is 0 Å². The molecule has 0 saturated heterocycles. The van der Waals surface area contributed by atoms with Gasteiger partial charge in [0.25, 0.3) is 0 Å². The standard InChI is InChI=1S/C16H19N3O/c1-3-7-19-8-6-18-16(19)15(17)14-10-12-9-11(2)4-5-13(12)20-14/h4-6,8-10,15H,3,7,17H2,1-2H3. The van der Waals surface area contributed by atoms with Crippen molar-refractivity contribution in [3.05, 3.63) is 53.8 Å². The molecule has 2 heterocycles. The Kier molecular flexibility index (Phi) is 3.32. The molecule has 0 aliphatic carbocycles. The van der Waals surface area contributed by atoms with Crippen LogP contribution in [-0.4, -0.2) is 9.55 Å². The van der Waals surface area contributed by atoms with E-state index in [2.05, 4.69) is 29.5 Å². The van der Waals surface area contributed by atoms with Gasteiger partial charge >= 0.3 is 0 Å². The lowest BCUT2D eigenvalue weighted by atomic mass is 10.1. The zero-order valence-electron chi connectivity index (χ0n) is 11.8. The Morgan fingerprint density at radius 1 is 1.35 bits per heavy atom. The van der Waals surface area contributed by atoms with Crippen LogP contribution in [0, 0.1) is 6.92 Å². The molecule has 4 heteroatoms. The molecule has 0 saturated carbocycles. The van der Waals surface area contributed by atoms with Gasteiger partial charge in [0, 0.05) is 24.3 Å². The van der Waals surface area contributed by atoms with Gasteiger partial charge in [-0.25, -0.2) is 4.98 Å². The maximum absolute atomic E-state index is 6.32. The van der Waals surface area contributed by atoms with E-state index < -0.39 is 0 Å². The molecular weight excluding hydrogens is 250 g/mol. The first-order chi connectivity index (χ1) is 9.69. The Hall–Kier alpha value is -2.07. The smallest absolute Gasteiger partial charge is 0.134 e.